The number of aliphatic hydroxyl groups excluding tert-OH is 3. The van der Waals surface area contributed by atoms with Gasteiger partial charge in [0.2, 0.25) is 0 Å². The van der Waals surface area contributed by atoms with Crippen molar-refractivity contribution in [3.8, 4) is 11.5 Å². The molecule has 3 saturated heterocycles. The van der Waals surface area contributed by atoms with E-state index in [1.807, 2.05) is 25.9 Å². The van der Waals surface area contributed by atoms with Crippen LogP contribution >= 0.6 is 0 Å². The number of carbonyl (C=O) groups excluding carboxylic acids is 1. The highest BCUT2D eigenvalue weighted by molar-refractivity contribution is 5.89. The Labute approximate surface area is 399 Å². The Morgan fingerprint density at radius 1 is 0.853 bits per heavy atom. The lowest BCUT2D eigenvalue weighted by Gasteiger charge is -2.49. The molecule has 1 aromatic heterocycles. The molecule has 68 heavy (non-hydrogen) atoms. The molecule has 3 fully saturated rings. The number of fused-ring (bicyclic) bond motifs is 1. The molecule has 386 valence electrons. The van der Waals surface area contributed by atoms with Crippen LogP contribution in [0.1, 0.15) is 100 Å². The van der Waals surface area contributed by atoms with Gasteiger partial charge in [0.15, 0.2) is 24.1 Å². The largest absolute Gasteiger partial charge is 0.493 e. The SMILES string of the molecule is CC[C@H]1OC(=O)[C@H](C)[C@@H](OC2C[C@@](C)(OC)[C@@H](O)[C@H](C)O2)[C@H](C)[C@@H](O[C@@H]2O[C@H](C)C[C@H](N(C)C)[C@H]2O)[C@](C)(O)C[C@@H](C)/C(=N\OCc2cc(=O)oc3cc(OC)c(OC)cc23)[C@H](C)[C@@H](O)[C@]1(C)O. The molecule has 1 unspecified atom stereocenters. The molecule has 0 bridgehead atoms. The van der Waals surface area contributed by atoms with Crippen LogP contribution in [0.5, 0.6) is 11.5 Å². The molecule has 19 heteroatoms. The zero-order valence-electron chi connectivity index (χ0n) is 42.5. The number of oxime groups is 1. The van der Waals surface area contributed by atoms with Crippen LogP contribution in [-0.4, -0.2) is 162 Å². The van der Waals surface area contributed by atoms with Gasteiger partial charge in [0.1, 0.15) is 36.1 Å². The average Bonchev–Trinajstić information content (AvgIpc) is 3.28. The number of benzene rings is 1. The van der Waals surface area contributed by atoms with Crippen molar-refractivity contribution >= 4 is 22.7 Å². The first-order chi connectivity index (χ1) is 31.7. The van der Waals surface area contributed by atoms with E-state index in [0.717, 1.165) is 0 Å². The van der Waals surface area contributed by atoms with Gasteiger partial charge in [0.05, 0.1) is 67.6 Å². The number of aliphatic hydroxyl groups is 5. The first-order valence-corrected chi connectivity index (χ1v) is 23.7. The molecule has 0 radical (unpaired) electrons. The van der Waals surface area contributed by atoms with E-state index in [4.69, 9.17) is 47.1 Å². The average molecular weight is 967 g/mol. The smallest absolute Gasteiger partial charge is 0.336 e. The Bertz CT molecular complexity index is 2090. The van der Waals surface area contributed by atoms with E-state index in [0.29, 0.717) is 28.9 Å². The highest BCUT2D eigenvalue weighted by Gasteiger charge is 2.53. The van der Waals surface area contributed by atoms with Gasteiger partial charge in [-0.15, -0.1) is 0 Å². The maximum atomic E-state index is 14.5. The first kappa shape index (κ1) is 55.5. The van der Waals surface area contributed by atoms with Crippen molar-refractivity contribution in [1.82, 2.24) is 4.90 Å². The fourth-order valence-electron chi connectivity index (χ4n) is 10.4. The maximum absolute atomic E-state index is 14.5. The minimum Gasteiger partial charge on any atom is -0.493 e. The highest BCUT2D eigenvalue weighted by atomic mass is 16.7. The van der Waals surface area contributed by atoms with Crippen molar-refractivity contribution in [1.29, 1.82) is 0 Å². The topological polar surface area (TPSA) is 247 Å². The molecular formula is C49H78N2O17. The normalized spacial score (nSPS) is 40.8. The second-order valence-electron chi connectivity index (χ2n) is 20.2. The molecule has 19 nitrogen and oxygen atoms in total. The second-order valence-corrected chi connectivity index (χ2v) is 20.2. The zero-order chi connectivity index (χ0) is 50.8. The lowest BCUT2D eigenvalue weighted by atomic mass is 9.73. The molecule has 3 aliphatic heterocycles. The molecule has 5 rings (SSSR count). The minimum atomic E-state index is -2.05. The predicted molar refractivity (Wildman–Crippen MR) is 249 cm³/mol. The quantitative estimate of drug-likeness (QED) is 0.115. The van der Waals surface area contributed by atoms with E-state index in [2.05, 4.69) is 5.16 Å². The molecule has 18 atom stereocenters. The van der Waals surface area contributed by atoms with Crippen molar-refractivity contribution in [3.05, 3.63) is 34.2 Å². The molecule has 4 heterocycles. The van der Waals surface area contributed by atoms with Crippen molar-refractivity contribution in [2.75, 3.05) is 35.4 Å². The molecule has 0 spiro atoms. The second kappa shape index (κ2) is 22.3. The monoisotopic (exact) mass is 967 g/mol. The number of likely N-dealkylation sites (N-methyl/N-ethyl adjacent to an activating group) is 1. The van der Waals surface area contributed by atoms with E-state index in [9.17, 15) is 35.1 Å². The van der Waals surface area contributed by atoms with Crippen LogP contribution in [0.3, 0.4) is 0 Å². The molecule has 2 aromatic rings. The summed E-state index contributed by atoms with van der Waals surface area (Å²) in [5.41, 5.74) is -4.82. The number of carbonyl (C=O) groups is 1. The number of hydrogen-bond donors (Lipinski definition) is 5. The van der Waals surface area contributed by atoms with Gasteiger partial charge in [0.25, 0.3) is 0 Å². The fraction of sp³-hybridized carbons (Fsp3) is 0.776. The summed E-state index contributed by atoms with van der Waals surface area (Å²) in [6.45, 7) is 16.5. The summed E-state index contributed by atoms with van der Waals surface area (Å²) in [5, 5.41) is 65.2. The van der Waals surface area contributed by atoms with Gasteiger partial charge in [-0.2, -0.15) is 0 Å². The Morgan fingerprint density at radius 2 is 1.50 bits per heavy atom. The van der Waals surface area contributed by atoms with Crippen LogP contribution in [0.4, 0.5) is 0 Å². The van der Waals surface area contributed by atoms with Crippen molar-refractivity contribution in [2.24, 2.45) is 28.8 Å². The molecule has 0 aliphatic carbocycles. The summed E-state index contributed by atoms with van der Waals surface area (Å²) in [5.74, 6) is -3.78. The van der Waals surface area contributed by atoms with Gasteiger partial charge in [-0.25, -0.2) is 4.79 Å². The van der Waals surface area contributed by atoms with Gasteiger partial charge in [0, 0.05) is 60.4 Å². The fourth-order valence-corrected chi connectivity index (χ4v) is 10.4. The number of cyclic esters (lactones) is 1. The number of esters is 1. The molecule has 0 amide bonds. The molecule has 3 aliphatic rings. The van der Waals surface area contributed by atoms with Crippen LogP contribution in [-0.2, 0) is 44.7 Å². The van der Waals surface area contributed by atoms with Crippen molar-refractivity contribution < 1.29 is 77.5 Å². The predicted octanol–water partition coefficient (Wildman–Crippen LogP) is 3.91. The number of methoxy groups -OCH3 is 3. The van der Waals surface area contributed by atoms with Crippen LogP contribution in [0, 0.1) is 23.7 Å². The molecular weight excluding hydrogens is 889 g/mol. The van der Waals surface area contributed by atoms with E-state index < -0.39 is 107 Å². The lowest BCUT2D eigenvalue weighted by Crippen LogP contribution is -2.61. The Kier molecular flexibility index (Phi) is 18.2. The van der Waals surface area contributed by atoms with E-state index in [-0.39, 0.29) is 49.3 Å². The van der Waals surface area contributed by atoms with Crippen molar-refractivity contribution in [3.63, 3.8) is 0 Å². The van der Waals surface area contributed by atoms with Gasteiger partial charge in [-0.1, -0.05) is 32.9 Å². The van der Waals surface area contributed by atoms with Gasteiger partial charge < -0.3 is 77.6 Å². The number of hydrogen-bond acceptors (Lipinski definition) is 19. The Balaban J connectivity index is 1.64. The summed E-state index contributed by atoms with van der Waals surface area (Å²) < 4.78 is 54.3. The van der Waals surface area contributed by atoms with Crippen LogP contribution in [0.25, 0.3) is 11.0 Å². The van der Waals surface area contributed by atoms with Gasteiger partial charge in [-0.3, -0.25) is 4.79 Å². The maximum Gasteiger partial charge on any atom is 0.336 e. The van der Waals surface area contributed by atoms with E-state index in [1.165, 1.54) is 40.4 Å². The third-order valence-electron chi connectivity index (χ3n) is 14.6. The highest BCUT2D eigenvalue weighted by Crippen LogP contribution is 2.41. The zero-order valence-corrected chi connectivity index (χ0v) is 42.5. The summed E-state index contributed by atoms with van der Waals surface area (Å²) in [7, 11) is 8.11. The lowest BCUT2D eigenvalue weighted by molar-refractivity contribution is -0.317. The Morgan fingerprint density at radius 3 is 2.10 bits per heavy atom. The third-order valence-corrected chi connectivity index (χ3v) is 14.6. The number of ether oxygens (including phenoxy) is 8. The van der Waals surface area contributed by atoms with E-state index >= 15 is 0 Å². The van der Waals surface area contributed by atoms with Crippen LogP contribution < -0.4 is 15.1 Å². The van der Waals surface area contributed by atoms with Gasteiger partial charge in [-0.05, 0) is 81.0 Å². The van der Waals surface area contributed by atoms with Crippen molar-refractivity contribution in [2.45, 2.75) is 186 Å². The first-order valence-electron chi connectivity index (χ1n) is 23.7. The summed E-state index contributed by atoms with van der Waals surface area (Å²) >= 11 is 0. The minimum absolute atomic E-state index is 0.0625. The number of rotatable bonds is 12. The molecule has 5 N–H and O–H groups in total. The summed E-state index contributed by atoms with van der Waals surface area (Å²) in [4.78, 5) is 35.2. The third kappa shape index (κ3) is 11.8. The van der Waals surface area contributed by atoms with Crippen LogP contribution in [0.2, 0.25) is 0 Å². The molecule has 0 saturated carbocycles. The van der Waals surface area contributed by atoms with Gasteiger partial charge >= 0.3 is 11.6 Å². The molecule has 1 aromatic carbocycles. The Hall–Kier alpha value is -3.47. The summed E-state index contributed by atoms with van der Waals surface area (Å²) in [6.07, 6.45) is -10.2. The summed E-state index contributed by atoms with van der Waals surface area (Å²) in [6, 6.07) is 4.07. The standard InChI is InChI=1S/C49H78N2O17/c1-16-36-49(10,58)42(54)26(4)39(50-62-23-30-18-37(52)65-33-20-35(60-14)34(59-13)19-31(30)33)24(2)21-47(8,57)44(68-46-40(53)32(51(11)12)17-25(3)63-46)27(5)41(28(6)45(56)66-36)67-38-22-48(9,61-15)43(55)29(7)64-38/h18-20,24-29,32,36,38,40-44,46,53-55,57-58H,16-17,21-23H2,1-15H3/b50-39+/t24-,25-,26+,27+,28-,29+,32+,36-,38?,40-,41+,42-,43+,44-,46+,47-,48-,49-/m1/s1. The van der Waals surface area contributed by atoms with E-state index in [1.54, 1.807) is 61.5 Å². The van der Waals surface area contributed by atoms with Crippen LogP contribution in [0.15, 0.2) is 32.6 Å². The number of nitrogens with zero attached hydrogens (tertiary/aromatic N) is 2.